The molecule has 0 fully saturated rings. The van der Waals surface area contributed by atoms with E-state index in [0.29, 0.717) is 5.56 Å². The van der Waals surface area contributed by atoms with Crippen molar-refractivity contribution >= 4 is 5.91 Å². The lowest BCUT2D eigenvalue weighted by Gasteiger charge is -2.00. The molecular formula is C9H9F2NO. The SMILES string of the molecule is NC(=O)CCc1ccc(F)cc1F. The lowest BCUT2D eigenvalue weighted by Crippen LogP contribution is -2.11. The predicted molar refractivity (Wildman–Crippen MR) is 43.9 cm³/mol. The van der Waals surface area contributed by atoms with E-state index in [4.69, 9.17) is 5.73 Å². The van der Waals surface area contributed by atoms with Gasteiger partial charge in [-0.3, -0.25) is 4.79 Å². The molecule has 13 heavy (non-hydrogen) atoms. The van der Waals surface area contributed by atoms with Crippen LogP contribution in [0.2, 0.25) is 0 Å². The lowest BCUT2D eigenvalue weighted by molar-refractivity contribution is -0.117. The number of hydrogen-bond donors (Lipinski definition) is 1. The molecule has 0 heterocycles. The Bertz CT molecular complexity index is 325. The number of halogens is 2. The van der Waals surface area contributed by atoms with E-state index >= 15 is 0 Å². The van der Waals surface area contributed by atoms with Crippen LogP contribution in [-0.2, 0) is 11.2 Å². The van der Waals surface area contributed by atoms with Gasteiger partial charge in [-0.15, -0.1) is 0 Å². The van der Waals surface area contributed by atoms with E-state index < -0.39 is 17.5 Å². The Labute approximate surface area is 74.4 Å². The first-order valence-electron chi connectivity index (χ1n) is 3.82. The van der Waals surface area contributed by atoms with Crippen molar-refractivity contribution in [3.05, 3.63) is 35.4 Å². The van der Waals surface area contributed by atoms with Crippen LogP contribution < -0.4 is 5.73 Å². The minimum Gasteiger partial charge on any atom is -0.370 e. The van der Waals surface area contributed by atoms with Crippen LogP contribution in [-0.4, -0.2) is 5.91 Å². The first kappa shape index (κ1) is 9.64. The highest BCUT2D eigenvalue weighted by Gasteiger charge is 2.04. The van der Waals surface area contributed by atoms with Crippen molar-refractivity contribution in [1.82, 2.24) is 0 Å². The fourth-order valence-electron chi connectivity index (χ4n) is 0.982. The van der Waals surface area contributed by atoms with E-state index in [0.717, 1.165) is 12.1 Å². The van der Waals surface area contributed by atoms with Crippen LogP contribution in [0, 0.1) is 11.6 Å². The van der Waals surface area contributed by atoms with Gasteiger partial charge < -0.3 is 5.73 Å². The molecule has 0 bridgehead atoms. The fraction of sp³-hybridized carbons (Fsp3) is 0.222. The van der Waals surface area contributed by atoms with Crippen molar-refractivity contribution in [1.29, 1.82) is 0 Å². The minimum atomic E-state index is -0.638. The summed E-state index contributed by atoms with van der Waals surface area (Å²) in [5.41, 5.74) is 5.19. The Morgan fingerprint density at radius 1 is 1.38 bits per heavy atom. The predicted octanol–water partition coefficient (Wildman–Crippen LogP) is 1.38. The third-order valence-electron chi connectivity index (χ3n) is 1.66. The first-order valence-corrected chi connectivity index (χ1v) is 3.82. The van der Waals surface area contributed by atoms with Crippen LogP contribution in [0.25, 0.3) is 0 Å². The summed E-state index contributed by atoms with van der Waals surface area (Å²) in [4.78, 5) is 10.4. The summed E-state index contributed by atoms with van der Waals surface area (Å²) in [5, 5.41) is 0. The van der Waals surface area contributed by atoms with Gasteiger partial charge in [-0.05, 0) is 18.1 Å². The Morgan fingerprint density at radius 2 is 2.08 bits per heavy atom. The quantitative estimate of drug-likeness (QED) is 0.759. The molecule has 0 aromatic heterocycles. The summed E-state index contributed by atoms with van der Waals surface area (Å²) in [6.45, 7) is 0. The van der Waals surface area contributed by atoms with Gasteiger partial charge in [-0.2, -0.15) is 0 Å². The van der Waals surface area contributed by atoms with Gasteiger partial charge in [0.05, 0.1) is 0 Å². The van der Waals surface area contributed by atoms with Crippen LogP contribution in [0.4, 0.5) is 8.78 Å². The van der Waals surface area contributed by atoms with Crippen LogP contribution in [0.15, 0.2) is 18.2 Å². The third-order valence-corrected chi connectivity index (χ3v) is 1.66. The molecule has 2 N–H and O–H groups in total. The molecule has 0 saturated carbocycles. The largest absolute Gasteiger partial charge is 0.370 e. The van der Waals surface area contributed by atoms with E-state index in [2.05, 4.69) is 0 Å². The van der Waals surface area contributed by atoms with Crippen molar-refractivity contribution < 1.29 is 13.6 Å². The van der Waals surface area contributed by atoms with Crippen LogP contribution in [0.5, 0.6) is 0 Å². The van der Waals surface area contributed by atoms with E-state index in [1.165, 1.54) is 6.07 Å². The molecule has 70 valence electrons. The second kappa shape index (κ2) is 3.98. The molecule has 1 aromatic carbocycles. The van der Waals surface area contributed by atoms with Crippen molar-refractivity contribution in [3.8, 4) is 0 Å². The second-order valence-corrected chi connectivity index (χ2v) is 2.70. The zero-order valence-electron chi connectivity index (χ0n) is 6.89. The van der Waals surface area contributed by atoms with Crippen LogP contribution in [0.1, 0.15) is 12.0 Å². The smallest absolute Gasteiger partial charge is 0.217 e. The first-order chi connectivity index (χ1) is 6.09. The van der Waals surface area contributed by atoms with Crippen LogP contribution >= 0.6 is 0 Å². The molecular weight excluding hydrogens is 176 g/mol. The zero-order valence-corrected chi connectivity index (χ0v) is 6.89. The summed E-state index contributed by atoms with van der Waals surface area (Å²) in [6, 6.07) is 3.25. The number of carbonyl (C=O) groups is 1. The van der Waals surface area contributed by atoms with Crippen molar-refractivity contribution in [2.24, 2.45) is 5.73 Å². The molecule has 0 aliphatic heterocycles. The molecule has 2 nitrogen and oxygen atoms in total. The monoisotopic (exact) mass is 185 g/mol. The van der Waals surface area contributed by atoms with E-state index in [1.807, 2.05) is 0 Å². The van der Waals surface area contributed by atoms with Crippen molar-refractivity contribution in [2.75, 3.05) is 0 Å². The summed E-state index contributed by atoms with van der Waals surface area (Å²) in [7, 11) is 0. The van der Waals surface area contributed by atoms with E-state index in [1.54, 1.807) is 0 Å². The standard InChI is InChI=1S/C9H9F2NO/c10-7-3-1-6(8(11)5-7)2-4-9(12)13/h1,3,5H,2,4H2,(H2,12,13). The lowest BCUT2D eigenvalue weighted by atomic mass is 10.1. The van der Waals surface area contributed by atoms with Gasteiger partial charge in [-0.25, -0.2) is 8.78 Å². The van der Waals surface area contributed by atoms with Crippen molar-refractivity contribution in [2.45, 2.75) is 12.8 Å². The number of amides is 1. The Kier molecular flexibility index (Phi) is 2.95. The second-order valence-electron chi connectivity index (χ2n) is 2.70. The molecule has 4 heteroatoms. The Hall–Kier alpha value is -1.45. The maximum absolute atomic E-state index is 12.9. The van der Waals surface area contributed by atoms with Gasteiger partial charge in [-0.1, -0.05) is 6.07 Å². The highest BCUT2D eigenvalue weighted by molar-refractivity contribution is 5.73. The van der Waals surface area contributed by atoms with Gasteiger partial charge in [0, 0.05) is 12.5 Å². The average Bonchev–Trinajstić information content (AvgIpc) is 2.02. The van der Waals surface area contributed by atoms with E-state index in [9.17, 15) is 13.6 Å². The fourth-order valence-corrected chi connectivity index (χ4v) is 0.982. The Balaban J connectivity index is 2.72. The van der Waals surface area contributed by atoms with E-state index in [-0.39, 0.29) is 12.8 Å². The topological polar surface area (TPSA) is 43.1 Å². The number of aryl methyl sites for hydroxylation is 1. The third kappa shape index (κ3) is 2.82. The summed E-state index contributed by atoms with van der Waals surface area (Å²) in [5.74, 6) is -1.76. The van der Waals surface area contributed by atoms with Gasteiger partial charge in [0.15, 0.2) is 0 Å². The average molecular weight is 185 g/mol. The molecule has 0 saturated heterocycles. The molecule has 0 unspecified atom stereocenters. The van der Waals surface area contributed by atoms with Gasteiger partial charge in [0.1, 0.15) is 11.6 Å². The van der Waals surface area contributed by atoms with Gasteiger partial charge >= 0.3 is 0 Å². The van der Waals surface area contributed by atoms with Gasteiger partial charge in [0.25, 0.3) is 0 Å². The molecule has 0 spiro atoms. The number of nitrogens with two attached hydrogens (primary N) is 1. The molecule has 0 radical (unpaired) electrons. The molecule has 1 amide bonds. The highest BCUT2D eigenvalue weighted by Crippen LogP contribution is 2.11. The highest BCUT2D eigenvalue weighted by atomic mass is 19.1. The summed E-state index contributed by atoms with van der Waals surface area (Å²) < 4.78 is 25.3. The molecule has 0 aliphatic rings. The van der Waals surface area contributed by atoms with Gasteiger partial charge in [0.2, 0.25) is 5.91 Å². The Morgan fingerprint density at radius 3 is 2.62 bits per heavy atom. The number of hydrogen-bond acceptors (Lipinski definition) is 1. The maximum atomic E-state index is 12.9. The molecule has 0 atom stereocenters. The number of primary amides is 1. The molecule has 1 rings (SSSR count). The summed E-state index contributed by atoms with van der Waals surface area (Å²) in [6.07, 6.45) is 0.282. The number of carbonyl (C=O) groups excluding carboxylic acids is 1. The molecule has 1 aromatic rings. The number of benzene rings is 1. The summed E-state index contributed by atoms with van der Waals surface area (Å²) >= 11 is 0. The molecule has 0 aliphatic carbocycles. The number of rotatable bonds is 3. The normalized spacial score (nSPS) is 10.0. The zero-order chi connectivity index (χ0) is 9.84. The van der Waals surface area contributed by atoms with Crippen molar-refractivity contribution in [3.63, 3.8) is 0 Å². The van der Waals surface area contributed by atoms with Crippen LogP contribution in [0.3, 0.4) is 0 Å². The minimum absolute atomic E-state index is 0.0720. The maximum Gasteiger partial charge on any atom is 0.217 e.